The van der Waals surface area contributed by atoms with E-state index < -0.39 is 0 Å². The fourth-order valence-corrected chi connectivity index (χ4v) is 6.98. The second-order valence-corrected chi connectivity index (χ2v) is 12.0. The lowest BCUT2D eigenvalue weighted by Gasteiger charge is -2.45. The van der Waals surface area contributed by atoms with Gasteiger partial charge < -0.3 is 9.64 Å². The highest BCUT2D eigenvalue weighted by molar-refractivity contribution is 5.79. The summed E-state index contributed by atoms with van der Waals surface area (Å²) < 4.78 is 20.9. The van der Waals surface area contributed by atoms with Crippen LogP contribution in [-0.2, 0) is 17.8 Å². The van der Waals surface area contributed by atoms with Crippen molar-refractivity contribution in [2.75, 3.05) is 32.8 Å². The number of hydrogen-bond acceptors (Lipinski definition) is 3. The molecule has 1 saturated heterocycles. The van der Waals surface area contributed by atoms with E-state index in [1.807, 2.05) is 18.2 Å². The molecule has 0 bridgehead atoms. The van der Waals surface area contributed by atoms with Gasteiger partial charge in [0.1, 0.15) is 18.2 Å². The molecule has 1 amide bonds. The highest BCUT2D eigenvalue weighted by Gasteiger charge is 2.38. The summed E-state index contributed by atoms with van der Waals surface area (Å²) in [5.74, 6) is 1.49. The minimum Gasteiger partial charge on any atom is -0.492 e. The number of fused-ring (bicyclic) bond motifs is 1. The van der Waals surface area contributed by atoms with E-state index >= 15 is 0 Å². The Labute approximate surface area is 228 Å². The normalized spacial score (nSPS) is 22.0. The predicted octanol–water partition coefficient (Wildman–Crippen LogP) is 7.01. The number of amides is 1. The Balaban J connectivity index is 1.31. The molecule has 2 heterocycles. The Morgan fingerprint density at radius 2 is 1.61 bits per heavy atom. The van der Waals surface area contributed by atoms with Gasteiger partial charge in [-0.3, -0.25) is 9.69 Å². The molecule has 1 saturated carbocycles. The Bertz CT molecular complexity index is 1040. The average molecular weight is 521 g/mol. The summed E-state index contributed by atoms with van der Waals surface area (Å²) in [5.41, 5.74) is 2.19. The number of halogens is 1. The van der Waals surface area contributed by atoms with Crippen LogP contribution in [0.5, 0.6) is 5.75 Å². The van der Waals surface area contributed by atoms with Gasteiger partial charge in [0.2, 0.25) is 5.91 Å². The number of ether oxygens (including phenoxy) is 1. The van der Waals surface area contributed by atoms with Gasteiger partial charge in [0, 0.05) is 44.2 Å². The van der Waals surface area contributed by atoms with Crippen LogP contribution in [-0.4, -0.2) is 48.5 Å². The third-order valence-electron chi connectivity index (χ3n) is 9.29. The fourth-order valence-electron chi connectivity index (χ4n) is 6.98. The Morgan fingerprint density at radius 3 is 2.39 bits per heavy atom. The third kappa shape index (κ3) is 6.97. The first-order valence-corrected chi connectivity index (χ1v) is 15.1. The smallest absolute Gasteiger partial charge is 0.225 e. The maximum atomic E-state index is 14.7. The molecule has 5 heteroatoms. The van der Waals surface area contributed by atoms with Gasteiger partial charge in [-0.1, -0.05) is 68.5 Å². The van der Waals surface area contributed by atoms with Crippen LogP contribution < -0.4 is 4.74 Å². The van der Waals surface area contributed by atoms with Crippen LogP contribution >= 0.6 is 0 Å². The molecule has 2 aromatic rings. The summed E-state index contributed by atoms with van der Waals surface area (Å²) in [5, 5.41) is 0. The molecule has 0 unspecified atom stereocenters. The number of carbonyl (C=O) groups excluding carboxylic acids is 1. The molecule has 2 aromatic carbocycles. The molecule has 5 rings (SSSR count). The van der Waals surface area contributed by atoms with Crippen LogP contribution in [0.2, 0.25) is 0 Å². The maximum Gasteiger partial charge on any atom is 0.225 e. The van der Waals surface area contributed by atoms with Gasteiger partial charge in [-0.15, -0.1) is 0 Å². The van der Waals surface area contributed by atoms with E-state index in [2.05, 4.69) is 28.0 Å². The van der Waals surface area contributed by atoms with Gasteiger partial charge in [0.05, 0.1) is 0 Å². The van der Waals surface area contributed by atoms with Crippen molar-refractivity contribution < 1.29 is 13.9 Å². The highest BCUT2D eigenvalue weighted by Crippen LogP contribution is 2.39. The van der Waals surface area contributed by atoms with Gasteiger partial charge in [0.25, 0.3) is 0 Å². The van der Waals surface area contributed by atoms with Crippen molar-refractivity contribution in [3.63, 3.8) is 0 Å². The van der Waals surface area contributed by atoms with Crippen molar-refractivity contribution in [2.45, 2.75) is 83.6 Å². The molecule has 0 atom stereocenters. The molecule has 1 spiro atoms. The molecular weight excluding hydrogens is 475 g/mol. The molecule has 2 fully saturated rings. The van der Waals surface area contributed by atoms with Crippen molar-refractivity contribution in [2.24, 2.45) is 11.3 Å². The number of likely N-dealkylation sites (tertiary alicyclic amines) is 1. The van der Waals surface area contributed by atoms with E-state index in [9.17, 15) is 9.18 Å². The predicted molar refractivity (Wildman–Crippen MR) is 151 cm³/mol. The SMILES string of the molecule is O=C(C1CCCCCC1)N1CCC2(CCCCc3ccccc3OCCN(Cc3ccccc3F)C2)CC1. The summed E-state index contributed by atoms with van der Waals surface area (Å²) in [6.07, 6.45) is 13.7. The van der Waals surface area contributed by atoms with E-state index in [0.717, 1.165) is 82.4 Å². The maximum absolute atomic E-state index is 14.7. The van der Waals surface area contributed by atoms with Crippen LogP contribution in [0.3, 0.4) is 0 Å². The van der Waals surface area contributed by atoms with Gasteiger partial charge in [0.15, 0.2) is 0 Å². The van der Waals surface area contributed by atoms with Crippen LogP contribution in [0.15, 0.2) is 48.5 Å². The molecule has 3 aliphatic rings. The van der Waals surface area contributed by atoms with Crippen LogP contribution in [0.4, 0.5) is 4.39 Å². The van der Waals surface area contributed by atoms with E-state index in [1.54, 1.807) is 12.1 Å². The van der Waals surface area contributed by atoms with Crippen molar-refractivity contribution >= 4 is 5.91 Å². The van der Waals surface area contributed by atoms with Gasteiger partial charge in [-0.2, -0.15) is 0 Å². The minimum atomic E-state index is -0.136. The lowest BCUT2D eigenvalue weighted by Crippen LogP contribution is -2.49. The first-order chi connectivity index (χ1) is 18.6. The quantitative estimate of drug-likeness (QED) is 0.408. The Kier molecular flexibility index (Phi) is 9.37. The van der Waals surface area contributed by atoms with Gasteiger partial charge >= 0.3 is 0 Å². The number of rotatable bonds is 3. The van der Waals surface area contributed by atoms with E-state index in [0.29, 0.717) is 19.1 Å². The molecule has 1 aliphatic carbocycles. The Hall–Kier alpha value is -2.40. The molecule has 0 N–H and O–H groups in total. The largest absolute Gasteiger partial charge is 0.492 e. The molecule has 206 valence electrons. The zero-order chi connectivity index (χ0) is 26.2. The number of aryl methyl sites for hydroxylation is 1. The molecule has 4 nitrogen and oxygen atoms in total. The summed E-state index contributed by atoms with van der Waals surface area (Å²) in [6, 6.07) is 15.6. The van der Waals surface area contributed by atoms with Crippen LogP contribution in [0.25, 0.3) is 0 Å². The molecule has 38 heavy (non-hydrogen) atoms. The summed E-state index contributed by atoms with van der Waals surface area (Å²) in [4.78, 5) is 18.0. The van der Waals surface area contributed by atoms with Gasteiger partial charge in [-0.05, 0) is 68.1 Å². The monoisotopic (exact) mass is 520 g/mol. The van der Waals surface area contributed by atoms with E-state index in [-0.39, 0.29) is 17.2 Å². The van der Waals surface area contributed by atoms with Crippen molar-refractivity contribution in [3.05, 3.63) is 65.5 Å². The standard InChI is InChI=1S/C33H45FN2O2/c34-30-16-7-5-15-29(30)25-35-23-24-38-31-17-8-6-11-27(31)12-9-10-18-33(26-35)19-21-36(22-20-33)32(37)28-13-3-1-2-4-14-28/h5-8,11,15-17,28H,1-4,9-10,12-14,18-26H2. The topological polar surface area (TPSA) is 32.8 Å². The van der Waals surface area contributed by atoms with Crippen molar-refractivity contribution in [3.8, 4) is 5.75 Å². The average Bonchev–Trinajstić information content (AvgIpc) is 3.22. The molecular formula is C33H45FN2O2. The first-order valence-electron chi connectivity index (χ1n) is 15.1. The molecule has 0 radical (unpaired) electrons. The van der Waals surface area contributed by atoms with E-state index in [1.165, 1.54) is 37.7 Å². The highest BCUT2D eigenvalue weighted by atomic mass is 19.1. The number of nitrogens with zero attached hydrogens (tertiary/aromatic N) is 2. The lowest BCUT2D eigenvalue weighted by atomic mass is 9.73. The number of benzene rings is 2. The van der Waals surface area contributed by atoms with Crippen molar-refractivity contribution in [1.29, 1.82) is 0 Å². The summed E-state index contributed by atoms with van der Waals surface area (Å²) >= 11 is 0. The number of hydrogen-bond donors (Lipinski definition) is 0. The second kappa shape index (κ2) is 13.1. The lowest BCUT2D eigenvalue weighted by molar-refractivity contribution is -0.138. The van der Waals surface area contributed by atoms with E-state index in [4.69, 9.17) is 4.74 Å². The zero-order valence-corrected chi connectivity index (χ0v) is 23.0. The number of carbonyl (C=O) groups is 1. The van der Waals surface area contributed by atoms with Crippen molar-refractivity contribution in [1.82, 2.24) is 9.80 Å². The number of para-hydroxylation sites is 1. The second-order valence-electron chi connectivity index (χ2n) is 12.0. The van der Waals surface area contributed by atoms with Gasteiger partial charge in [-0.25, -0.2) is 4.39 Å². The van der Waals surface area contributed by atoms with Crippen LogP contribution in [0.1, 0.15) is 81.8 Å². The molecule has 0 aromatic heterocycles. The summed E-state index contributed by atoms with van der Waals surface area (Å²) in [6.45, 7) is 4.59. The Morgan fingerprint density at radius 1 is 0.868 bits per heavy atom. The molecule has 2 aliphatic heterocycles. The zero-order valence-electron chi connectivity index (χ0n) is 23.0. The summed E-state index contributed by atoms with van der Waals surface area (Å²) in [7, 11) is 0. The minimum absolute atomic E-state index is 0.136. The van der Waals surface area contributed by atoms with Crippen LogP contribution in [0, 0.1) is 17.2 Å². The first kappa shape index (κ1) is 27.2. The third-order valence-corrected chi connectivity index (χ3v) is 9.29. The fraction of sp³-hybridized carbons (Fsp3) is 0.606. The number of piperidine rings is 1.